The van der Waals surface area contributed by atoms with Crippen LogP contribution in [-0.4, -0.2) is 9.55 Å². The van der Waals surface area contributed by atoms with E-state index in [1.165, 1.54) is 0 Å². The van der Waals surface area contributed by atoms with Crippen LogP contribution in [-0.2, 0) is 18.4 Å². The largest absolute Gasteiger partial charge is 0.362 e. The summed E-state index contributed by atoms with van der Waals surface area (Å²) in [6.07, 6.45) is 8.78. The number of nitriles is 2. The zero-order chi connectivity index (χ0) is 22.8. The van der Waals surface area contributed by atoms with E-state index in [1.54, 1.807) is 30.7 Å². The van der Waals surface area contributed by atoms with Gasteiger partial charge in [0.05, 0.1) is 48.1 Å². The van der Waals surface area contributed by atoms with E-state index in [-0.39, 0.29) is 6.10 Å². The van der Waals surface area contributed by atoms with Crippen molar-refractivity contribution in [1.82, 2.24) is 9.55 Å². The monoisotopic (exact) mass is 420 g/mol. The van der Waals surface area contributed by atoms with Crippen LogP contribution in [0.15, 0.2) is 61.1 Å². The Hall–Kier alpha value is -4.11. The summed E-state index contributed by atoms with van der Waals surface area (Å²) in [5, 5.41) is 18.4. The summed E-state index contributed by atoms with van der Waals surface area (Å²) < 4.78 is 8.30. The molecule has 0 saturated heterocycles. The van der Waals surface area contributed by atoms with Crippen LogP contribution in [0.25, 0.3) is 6.08 Å². The van der Waals surface area contributed by atoms with E-state index in [0.717, 1.165) is 35.2 Å². The van der Waals surface area contributed by atoms with Crippen molar-refractivity contribution in [2.45, 2.75) is 32.5 Å². The fourth-order valence-corrected chi connectivity index (χ4v) is 3.22. The summed E-state index contributed by atoms with van der Waals surface area (Å²) >= 11 is 0. The Morgan fingerprint density at radius 2 is 1.84 bits per heavy atom. The number of aromatic nitrogens is 2. The molecular formula is C27H24N4O. The quantitative estimate of drug-likeness (QED) is 0.487. The lowest BCUT2D eigenvalue weighted by Crippen LogP contribution is -2.11. The van der Waals surface area contributed by atoms with Crippen molar-refractivity contribution < 1.29 is 4.74 Å². The lowest BCUT2D eigenvalue weighted by molar-refractivity contribution is 0.0621. The third-order valence-electron chi connectivity index (χ3n) is 4.97. The minimum absolute atomic E-state index is 0.337. The molecule has 158 valence electrons. The van der Waals surface area contributed by atoms with Crippen LogP contribution in [0.5, 0.6) is 0 Å². The summed E-state index contributed by atoms with van der Waals surface area (Å²) in [6.45, 7) is 2.43. The van der Waals surface area contributed by atoms with Gasteiger partial charge in [0, 0.05) is 13.5 Å². The zero-order valence-electron chi connectivity index (χ0n) is 18.2. The van der Waals surface area contributed by atoms with Crippen molar-refractivity contribution in [3.8, 4) is 24.0 Å². The molecule has 32 heavy (non-hydrogen) atoms. The number of aryl methyl sites for hydroxylation is 1. The summed E-state index contributed by atoms with van der Waals surface area (Å²) in [5.41, 5.74) is 4.89. The van der Waals surface area contributed by atoms with Crippen LogP contribution in [0.4, 0.5) is 0 Å². The van der Waals surface area contributed by atoms with Crippen molar-refractivity contribution in [2.24, 2.45) is 7.05 Å². The van der Waals surface area contributed by atoms with Crippen molar-refractivity contribution in [1.29, 1.82) is 10.5 Å². The van der Waals surface area contributed by atoms with Crippen LogP contribution in [0.2, 0.25) is 0 Å². The number of ether oxygens (including phenoxy) is 1. The predicted octanol–water partition coefficient (Wildman–Crippen LogP) is 5.29. The lowest BCUT2D eigenvalue weighted by Gasteiger charge is -2.20. The van der Waals surface area contributed by atoms with E-state index in [4.69, 9.17) is 10.00 Å². The molecule has 0 amide bonds. The Labute approximate surface area is 189 Å². The van der Waals surface area contributed by atoms with E-state index in [0.29, 0.717) is 17.7 Å². The van der Waals surface area contributed by atoms with E-state index in [1.807, 2.05) is 48.0 Å². The average molecular weight is 421 g/mol. The lowest BCUT2D eigenvalue weighted by atomic mass is 10.0. The molecule has 0 aliphatic rings. The van der Waals surface area contributed by atoms with Gasteiger partial charge in [0.2, 0.25) is 0 Å². The molecule has 3 rings (SSSR count). The predicted molar refractivity (Wildman–Crippen MR) is 124 cm³/mol. The topological polar surface area (TPSA) is 74.6 Å². The molecule has 5 nitrogen and oxygen atoms in total. The van der Waals surface area contributed by atoms with Gasteiger partial charge in [0.15, 0.2) is 0 Å². The highest BCUT2D eigenvalue weighted by atomic mass is 16.5. The molecule has 0 aliphatic carbocycles. The first-order chi connectivity index (χ1) is 15.7. The molecule has 2 aromatic carbocycles. The minimum atomic E-state index is -0.355. The van der Waals surface area contributed by atoms with E-state index >= 15 is 0 Å². The van der Waals surface area contributed by atoms with Gasteiger partial charge in [0.1, 0.15) is 6.10 Å². The maximum atomic E-state index is 9.29. The molecule has 0 spiro atoms. The number of unbranched alkanes of at least 4 members (excludes halogenated alkanes) is 1. The van der Waals surface area contributed by atoms with Gasteiger partial charge in [-0.05, 0) is 59.5 Å². The molecule has 1 unspecified atom stereocenters. The van der Waals surface area contributed by atoms with Gasteiger partial charge in [-0.3, -0.25) is 0 Å². The highest BCUT2D eigenvalue weighted by Gasteiger charge is 2.19. The highest BCUT2D eigenvalue weighted by Crippen LogP contribution is 2.28. The molecular weight excluding hydrogens is 396 g/mol. The summed E-state index contributed by atoms with van der Waals surface area (Å²) in [4.78, 5) is 4.23. The molecule has 1 atom stereocenters. The third-order valence-corrected chi connectivity index (χ3v) is 4.97. The summed E-state index contributed by atoms with van der Waals surface area (Å²) in [5.74, 6) is 6.13. The summed E-state index contributed by atoms with van der Waals surface area (Å²) in [7, 11) is 1.92. The van der Waals surface area contributed by atoms with E-state index < -0.39 is 0 Å². The number of allylic oxidation sites excluding steroid dienone is 1. The zero-order valence-corrected chi connectivity index (χ0v) is 18.2. The number of hydrogen-bond acceptors (Lipinski definition) is 4. The van der Waals surface area contributed by atoms with Crippen molar-refractivity contribution >= 4 is 6.08 Å². The molecule has 1 heterocycles. The molecule has 0 N–H and O–H groups in total. The van der Waals surface area contributed by atoms with Gasteiger partial charge in [-0.15, -0.1) is 0 Å². The smallest absolute Gasteiger partial charge is 0.124 e. The standard InChI is InChI=1S/C27H24N4O/c1-3-4-5-6-7-8-24-15-22(17-29)11-14-25(24)19-32-27(26-18-30-20-31(26)2)23-12-9-21(16-28)10-13-23/h7-15,18,20,27H,3-4,19H2,1-2H3/b8-7+. The van der Waals surface area contributed by atoms with Crippen LogP contribution >= 0.6 is 0 Å². The third kappa shape index (κ3) is 5.73. The number of nitrogens with zero attached hydrogens (tertiary/aromatic N) is 4. The highest BCUT2D eigenvalue weighted by molar-refractivity contribution is 5.58. The molecule has 1 aromatic heterocycles. The van der Waals surface area contributed by atoms with Gasteiger partial charge in [-0.1, -0.05) is 37.0 Å². The van der Waals surface area contributed by atoms with Gasteiger partial charge < -0.3 is 9.30 Å². The van der Waals surface area contributed by atoms with Gasteiger partial charge in [-0.2, -0.15) is 10.5 Å². The van der Waals surface area contributed by atoms with E-state index in [9.17, 15) is 5.26 Å². The molecule has 0 radical (unpaired) electrons. The second-order valence-corrected chi connectivity index (χ2v) is 7.28. The van der Waals surface area contributed by atoms with Crippen molar-refractivity contribution in [2.75, 3.05) is 0 Å². The van der Waals surface area contributed by atoms with Gasteiger partial charge >= 0.3 is 0 Å². The van der Waals surface area contributed by atoms with Gasteiger partial charge in [0.25, 0.3) is 0 Å². The average Bonchev–Trinajstić information content (AvgIpc) is 3.25. The Kier molecular flexibility index (Phi) is 7.99. The Balaban J connectivity index is 1.88. The van der Waals surface area contributed by atoms with Crippen LogP contribution in [0.1, 0.15) is 59.4 Å². The van der Waals surface area contributed by atoms with Crippen molar-refractivity contribution in [3.63, 3.8) is 0 Å². The Bertz CT molecular complexity index is 1230. The van der Waals surface area contributed by atoms with Gasteiger partial charge in [-0.25, -0.2) is 4.98 Å². The fourth-order valence-electron chi connectivity index (χ4n) is 3.22. The number of imidazole rings is 1. The molecule has 0 bridgehead atoms. The van der Waals surface area contributed by atoms with E-state index in [2.05, 4.69) is 35.9 Å². The fraction of sp³-hybridized carbons (Fsp3) is 0.222. The van der Waals surface area contributed by atoms with Crippen molar-refractivity contribution in [3.05, 3.63) is 94.6 Å². The first kappa shape index (κ1) is 22.6. The Morgan fingerprint density at radius 3 is 2.50 bits per heavy atom. The molecule has 5 heteroatoms. The summed E-state index contributed by atoms with van der Waals surface area (Å²) in [6, 6.07) is 17.3. The number of hydrogen-bond donors (Lipinski definition) is 0. The second kappa shape index (κ2) is 11.3. The van der Waals surface area contributed by atoms with Crippen LogP contribution in [0, 0.1) is 34.5 Å². The second-order valence-electron chi connectivity index (χ2n) is 7.28. The molecule has 3 aromatic rings. The van der Waals surface area contributed by atoms with Crippen LogP contribution in [0.3, 0.4) is 0 Å². The van der Waals surface area contributed by atoms with Crippen LogP contribution < -0.4 is 0 Å². The minimum Gasteiger partial charge on any atom is -0.362 e. The Morgan fingerprint density at radius 1 is 1.09 bits per heavy atom. The maximum Gasteiger partial charge on any atom is 0.124 e. The number of benzene rings is 2. The first-order valence-electron chi connectivity index (χ1n) is 10.4. The SMILES string of the molecule is CCCC#C/C=C/c1cc(C#N)ccc1COC(c1ccc(C#N)cc1)c1cncn1C. The molecule has 0 aliphatic heterocycles. The number of rotatable bonds is 7. The normalized spacial score (nSPS) is 11.4. The maximum absolute atomic E-state index is 9.29. The molecule has 0 saturated carbocycles. The first-order valence-corrected chi connectivity index (χ1v) is 10.4. The molecule has 0 fully saturated rings.